The van der Waals surface area contributed by atoms with Gasteiger partial charge in [-0.1, -0.05) is 13.8 Å². The van der Waals surface area contributed by atoms with Crippen LogP contribution in [-0.2, 0) is 0 Å². The summed E-state index contributed by atoms with van der Waals surface area (Å²) >= 11 is 0. The van der Waals surface area contributed by atoms with Crippen LogP contribution in [0, 0.1) is 10.1 Å². The average Bonchev–Trinajstić information content (AvgIpc) is 2.29. The lowest BCUT2D eigenvalue weighted by atomic mass is 10.4. The van der Waals surface area contributed by atoms with Gasteiger partial charge in [0.1, 0.15) is 12.4 Å². The molecule has 88 valence electrons. The van der Waals surface area contributed by atoms with Crippen LogP contribution in [0.5, 0.6) is 0 Å². The molecule has 0 saturated carbocycles. The van der Waals surface area contributed by atoms with Gasteiger partial charge in [0, 0.05) is 13.1 Å². The van der Waals surface area contributed by atoms with Crippen LogP contribution in [-0.4, -0.2) is 28.0 Å². The van der Waals surface area contributed by atoms with Gasteiger partial charge in [0.2, 0.25) is 5.95 Å². The van der Waals surface area contributed by atoms with Crippen molar-refractivity contribution in [2.24, 2.45) is 0 Å². The monoisotopic (exact) mass is 224 g/mol. The smallest absolute Gasteiger partial charge is 0.305 e. The standard InChI is InChI=1S/C10H16N4O2/c1-3-5-13(6-4-2)10-11-7-9(8-12-10)14(15)16/h7-8H,3-6H2,1-2H3. The second-order valence-electron chi connectivity index (χ2n) is 3.49. The van der Waals surface area contributed by atoms with Gasteiger partial charge < -0.3 is 4.90 Å². The van der Waals surface area contributed by atoms with Crippen LogP contribution in [0.4, 0.5) is 11.6 Å². The second kappa shape index (κ2) is 5.99. The van der Waals surface area contributed by atoms with Crippen LogP contribution >= 0.6 is 0 Å². The van der Waals surface area contributed by atoms with E-state index in [2.05, 4.69) is 23.8 Å². The summed E-state index contributed by atoms with van der Waals surface area (Å²) in [5.41, 5.74) is -0.0725. The first-order valence-electron chi connectivity index (χ1n) is 5.40. The molecule has 0 spiro atoms. The summed E-state index contributed by atoms with van der Waals surface area (Å²) in [5.74, 6) is 0.564. The predicted octanol–water partition coefficient (Wildman–Crippen LogP) is 2.01. The van der Waals surface area contributed by atoms with E-state index in [1.165, 1.54) is 12.4 Å². The first kappa shape index (κ1) is 12.4. The van der Waals surface area contributed by atoms with Gasteiger partial charge in [-0.3, -0.25) is 10.1 Å². The third kappa shape index (κ3) is 3.15. The van der Waals surface area contributed by atoms with Crippen molar-refractivity contribution in [3.63, 3.8) is 0 Å². The number of aromatic nitrogens is 2. The van der Waals surface area contributed by atoms with Gasteiger partial charge in [-0.2, -0.15) is 0 Å². The van der Waals surface area contributed by atoms with Crippen molar-refractivity contribution in [3.8, 4) is 0 Å². The topological polar surface area (TPSA) is 72.2 Å². The number of nitrogens with zero attached hydrogens (tertiary/aromatic N) is 4. The lowest BCUT2D eigenvalue weighted by molar-refractivity contribution is -0.385. The summed E-state index contributed by atoms with van der Waals surface area (Å²) in [4.78, 5) is 20.0. The molecule has 0 fully saturated rings. The zero-order valence-electron chi connectivity index (χ0n) is 9.59. The van der Waals surface area contributed by atoms with E-state index >= 15 is 0 Å². The van der Waals surface area contributed by atoms with Crippen LogP contribution in [0.1, 0.15) is 26.7 Å². The Labute approximate surface area is 94.5 Å². The van der Waals surface area contributed by atoms with Gasteiger partial charge >= 0.3 is 5.69 Å². The summed E-state index contributed by atoms with van der Waals surface area (Å²) in [6.45, 7) is 5.89. The van der Waals surface area contributed by atoms with E-state index in [0.717, 1.165) is 25.9 Å². The normalized spacial score (nSPS) is 10.1. The maximum Gasteiger partial charge on any atom is 0.305 e. The molecule has 0 atom stereocenters. The number of nitro groups is 1. The molecule has 0 aliphatic heterocycles. The Morgan fingerprint density at radius 2 is 1.75 bits per heavy atom. The minimum absolute atomic E-state index is 0.0725. The van der Waals surface area contributed by atoms with Crippen molar-refractivity contribution >= 4 is 11.6 Å². The van der Waals surface area contributed by atoms with Gasteiger partial charge in [-0.25, -0.2) is 9.97 Å². The maximum absolute atomic E-state index is 10.4. The lowest BCUT2D eigenvalue weighted by Gasteiger charge is -2.20. The highest BCUT2D eigenvalue weighted by Gasteiger charge is 2.11. The Morgan fingerprint density at radius 1 is 1.25 bits per heavy atom. The van der Waals surface area contributed by atoms with E-state index in [1.54, 1.807) is 0 Å². The van der Waals surface area contributed by atoms with Crippen LogP contribution in [0.3, 0.4) is 0 Å². The second-order valence-corrected chi connectivity index (χ2v) is 3.49. The number of hydrogen-bond acceptors (Lipinski definition) is 5. The predicted molar refractivity (Wildman–Crippen MR) is 61.5 cm³/mol. The molecule has 16 heavy (non-hydrogen) atoms. The molecule has 6 heteroatoms. The van der Waals surface area contributed by atoms with Gasteiger partial charge in [0.05, 0.1) is 4.92 Å². The summed E-state index contributed by atoms with van der Waals surface area (Å²) in [6.07, 6.45) is 4.50. The van der Waals surface area contributed by atoms with Crippen molar-refractivity contribution < 1.29 is 4.92 Å². The van der Waals surface area contributed by atoms with Crippen molar-refractivity contribution in [2.45, 2.75) is 26.7 Å². The SMILES string of the molecule is CCCN(CCC)c1ncc([N+](=O)[O-])cn1. The van der Waals surface area contributed by atoms with Crippen LogP contribution < -0.4 is 4.90 Å². The van der Waals surface area contributed by atoms with E-state index in [0.29, 0.717) is 5.95 Å². The third-order valence-corrected chi connectivity index (χ3v) is 2.11. The number of hydrogen-bond donors (Lipinski definition) is 0. The minimum atomic E-state index is -0.492. The molecular formula is C10H16N4O2. The Balaban J connectivity index is 2.80. The fourth-order valence-electron chi connectivity index (χ4n) is 1.42. The molecule has 1 aromatic rings. The average molecular weight is 224 g/mol. The van der Waals surface area contributed by atoms with Crippen LogP contribution in [0.15, 0.2) is 12.4 Å². The Kier molecular flexibility index (Phi) is 4.63. The molecule has 1 aromatic heterocycles. The molecule has 0 saturated heterocycles. The van der Waals surface area contributed by atoms with E-state index in [4.69, 9.17) is 0 Å². The summed E-state index contributed by atoms with van der Waals surface area (Å²) in [6, 6.07) is 0. The molecular weight excluding hydrogens is 208 g/mol. The van der Waals surface area contributed by atoms with Crippen LogP contribution in [0.2, 0.25) is 0 Å². The Bertz CT molecular complexity index is 333. The van der Waals surface area contributed by atoms with Crippen LogP contribution in [0.25, 0.3) is 0 Å². The first-order valence-corrected chi connectivity index (χ1v) is 5.40. The summed E-state index contributed by atoms with van der Waals surface area (Å²) in [5, 5.41) is 10.4. The minimum Gasteiger partial charge on any atom is -0.341 e. The molecule has 0 aliphatic carbocycles. The molecule has 0 bridgehead atoms. The fraction of sp³-hybridized carbons (Fsp3) is 0.600. The van der Waals surface area contributed by atoms with Crippen molar-refractivity contribution in [1.29, 1.82) is 0 Å². The highest BCUT2D eigenvalue weighted by molar-refractivity contribution is 5.33. The Hall–Kier alpha value is -1.72. The molecule has 0 N–H and O–H groups in total. The number of anilines is 1. The highest BCUT2D eigenvalue weighted by Crippen LogP contribution is 2.12. The molecule has 0 aromatic carbocycles. The van der Waals surface area contributed by atoms with E-state index in [9.17, 15) is 10.1 Å². The van der Waals surface area contributed by atoms with E-state index in [-0.39, 0.29) is 5.69 Å². The van der Waals surface area contributed by atoms with Gasteiger partial charge in [-0.15, -0.1) is 0 Å². The van der Waals surface area contributed by atoms with Gasteiger partial charge in [0.25, 0.3) is 0 Å². The van der Waals surface area contributed by atoms with Crippen molar-refractivity contribution in [3.05, 3.63) is 22.5 Å². The van der Waals surface area contributed by atoms with Crippen molar-refractivity contribution in [1.82, 2.24) is 9.97 Å². The molecule has 0 unspecified atom stereocenters. The quantitative estimate of drug-likeness (QED) is 0.546. The zero-order valence-corrected chi connectivity index (χ0v) is 9.59. The Morgan fingerprint density at radius 3 is 2.12 bits per heavy atom. The highest BCUT2D eigenvalue weighted by atomic mass is 16.6. The van der Waals surface area contributed by atoms with E-state index < -0.39 is 4.92 Å². The van der Waals surface area contributed by atoms with E-state index in [1.807, 2.05) is 4.90 Å². The number of rotatable bonds is 6. The molecule has 0 aliphatic rings. The zero-order chi connectivity index (χ0) is 12.0. The summed E-state index contributed by atoms with van der Waals surface area (Å²) in [7, 11) is 0. The maximum atomic E-state index is 10.4. The molecule has 0 amide bonds. The van der Waals surface area contributed by atoms with Gasteiger partial charge in [-0.05, 0) is 12.8 Å². The first-order chi connectivity index (χ1) is 7.69. The molecule has 1 heterocycles. The van der Waals surface area contributed by atoms with Gasteiger partial charge in [0.15, 0.2) is 0 Å². The molecule has 6 nitrogen and oxygen atoms in total. The summed E-state index contributed by atoms with van der Waals surface area (Å²) < 4.78 is 0. The van der Waals surface area contributed by atoms with Crippen molar-refractivity contribution in [2.75, 3.05) is 18.0 Å². The molecule has 1 rings (SSSR count). The molecule has 0 radical (unpaired) electrons. The fourth-order valence-corrected chi connectivity index (χ4v) is 1.42. The third-order valence-electron chi connectivity index (χ3n) is 2.11. The lowest BCUT2D eigenvalue weighted by Crippen LogP contribution is -2.26. The largest absolute Gasteiger partial charge is 0.341 e.